The van der Waals surface area contributed by atoms with Crippen molar-refractivity contribution in [2.75, 3.05) is 27.2 Å². The Hall–Kier alpha value is -0.750. The molecule has 0 aliphatic heterocycles. The molecule has 0 saturated heterocycles. The van der Waals surface area contributed by atoms with Gasteiger partial charge in [-0.25, -0.2) is 8.78 Å². The summed E-state index contributed by atoms with van der Waals surface area (Å²) in [6.45, 7) is 0.0121. The first-order valence-electron chi connectivity index (χ1n) is 4.34. The Morgan fingerprint density at radius 2 is 2.14 bits per heavy atom. The van der Waals surface area contributed by atoms with Crippen molar-refractivity contribution >= 4 is 5.97 Å². The summed E-state index contributed by atoms with van der Waals surface area (Å²) in [6, 6.07) is -0.671. The molecule has 0 saturated carbocycles. The second kappa shape index (κ2) is 6.67. The molecule has 0 aromatic rings. The molecule has 1 unspecified atom stereocenters. The monoisotopic (exact) mass is 210 g/mol. The Balaban J connectivity index is 3.73. The van der Waals surface area contributed by atoms with Gasteiger partial charge in [0.15, 0.2) is 0 Å². The van der Waals surface area contributed by atoms with Crippen LogP contribution in [0.4, 0.5) is 8.78 Å². The number of alkyl halides is 2. The predicted molar refractivity (Wildman–Crippen MR) is 48.6 cm³/mol. The van der Waals surface area contributed by atoms with Crippen LogP contribution >= 0.6 is 0 Å². The van der Waals surface area contributed by atoms with Gasteiger partial charge in [0.1, 0.15) is 6.04 Å². The van der Waals surface area contributed by atoms with Gasteiger partial charge in [-0.15, -0.1) is 0 Å². The number of hydrogen-bond acceptors (Lipinski definition) is 3. The fraction of sp³-hybridized carbons (Fsp3) is 0.875. The molecule has 0 radical (unpaired) electrons. The molecule has 1 atom stereocenters. The lowest BCUT2D eigenvalue weighted by atomic mass is 10.2. The molecule has 0 amide bonds. The Bertz CT molecular complexity index is 179. The molecule has 0 heterocycles. The van der Waals surface area contributed by atoms with E-state index in [4.69, 9.17) is 5.11 Å². The van der Waals surface area contributed by atoms with Crippen molar-refractivity contribution in [2.45, 2.75) is 18.9 Å². The first kappa shape index (κ1) is 13.2. The maximum atomic E-state index is 11.9. The number of nitrogens with zero attached hydrogens (tertiary/aromatic N) is 1. The Labute approximate surface area is 81.9 Å². The minimum Gasteiger partial charge on any atom is -0.480 e. The first-order valence-corrected chi connectivity index (χ1v) is 4.34. The fourth-order valence-corrected chi connectivity index (χ4v) is 1.07. The van der Waals surface area contributed by atoms with Crippen LogP contribution in [0.25, 0.3) is 0 Å². The fourth-order valence-electron chi connectivity index (χ4n) is 1.07. The molecule has 0 aliphatic rings. The zero-order valence-electron chi connectivity index (χ0n) is 8.33. The number of rotatable bonds is 7. The third-order valence-corrected chi connectivity index (χ3v) is 1.90. The zero-order valence-corrected chi connectivity index (χ0v) is 8.33. The number of halogens is 2. The summed E-state index contributed by atoms with van der Waals surface area (Å²) >= 11 is 0. The largest absolute Gasteiger partial charge is 0.480 e. The van der Waals surface area contributed by atoms with E-state index in [1.54, 1.807) is 7.05 Å². The topological polar surface area (TPSA) is 52.6 Å². The van der Waals surface area contributed by atoms with Gasteiger partial charge in [-0.05, 0) is 20.5 Å². The molecule has 0 aromatic heterocycles. The van der Waals surface area contributed by atoms with E-state index in [-0.39, 0.29) is 6.54 Å². The van der Waals surface area contributed by atoms with Gasteiger partial charge >= 0.3 is 5.97 Å². The summed E-state index contributed by atoms with van der Waals surface area (Å²) in [5.41, 5.74) is 0. The lowest BCUT2D eigenvalue weighted by molar-refractivity contribution is -0.139. The summed E-state index contributed by atoms with van der Waals surface area (Å²) in [5, 5.41) is 11.2. The highest BCUT2D eigenvalue weighted by atomic mass is 19.3. The van der Waals surface area contributed by atoms with Gasteiger partial charge in [-0.1, -0.05) is 0 Å². The summed E-state index contributed by atoms with van der Waals surface area (Å²) in [6.07, 6.45) is -2.06. The van der Waals surface area contributed by atoms with E-state index in [1.165, 1.54) is 11.9 Å². The molecule has 0 spiro atoms. The quantitative estimate of drug-likeness (QED) is 0.632. The van der Waals surface area contributed by atoms with Crippen LogP contribution in [0.2, 0.25) is 0 Å². The van der Waals surface area contributed by atoms with E-state index in [0.717, 1.165) is 0 Å². The molecule has 0 aromatic carbocycles. The van der Waals surface area contributed by atoms with Crippen LogP contribution in [0.5, 0.6) is 0 Å². The van der Waals surface area contributed by atoms with E-state index >= 15 is 0 Å². The first-order chi connectivity index (χ1) is 6.47. The van der Waals surface area contributed by atoms with Crippen molar-refractivity contribution in [3.05, 3.63) is 0 Å². The van der Waals surface area contributed by atoms with E-state index in [1.807, 2.05) is 0 Å². The lowest BCUT2D eigenvalue weighted by Crippen LogP contribution is -2.37. The maximum Gasteiger partial charge on any atom is 0.320 e. The lowest BCUT2D eigenvalue weighted by Gasteiger charge is -2.18. The highest BCUT2D eigenvalue weighted by molar-refractivity contribution is 5.73. The number of hydrogen-bond donors (Lipinski definition) is 2. The Kier molecular flexibility index (Phi) is 6.31. The van der Waals surface area contributed by atoms with Gasteiger partial charge in [0.05, 0.1) is 6.54 Å². The van der Waals surface area contributed by atoms with Crippen molar-refractivity contribution in [2.24, 2.45) is 0 Å². The average Bonchev–Trinajstić information content (AvgIpc) is 2.03. The predicted octanol–water partition coefficient (Wildman–Crippen LogP) is 0.246. The van der Waals surface area contributed by atoms with Gasteiger partial charge in [-0.2, -0.15) is 0 Å². The van der Waals surface area contributed by atoms with Crippen LogP contribution < -0.4 is 5.32 Å². The van der Waals surface area contributed by atoms with E-state index in [2.05, 4.69) is 5.32 Å². The van der Waals surface area contributed by atoms with Crippen LogP contribution in [-0.2, 0) is 4.79 Å². The number of aliphatic carboxylic acids is 1. The highest BCUT2D eigenvalue weighted by Gasteiger charge is 2.16. The SMILES string of the molecule is CNC(CCN(C)CC(F)F)C(=O)O. The number of carboxylic acid groups (broad SMARTS) is 1. The summed E-state index contributed by atoms with van der Waals surface area (Å²) in [7, 11) is 3.08. The number of likely N-dealkylation sites (N-methyl/N-ethyl adjacent to an activating group) is 1. The molecule has 4 nitrogen and oxygen atoms in total. The summed E-state index contributed by atoms with van der Waals surface area (Å²) in [4.78, 5) is 12.0. The number of carbonyl (C=O) groups is 1. The molecule has 0 aliphatic carbocycles. The molecule has 0 fully saturated rings. The molecule has 84 valence electrons. The number of carboxylic acids is 1. The van der Waals surface area contributed by atoms with Gasteiger partial charge in [0.25, 0.3) is 6.43 Å². The summed E-state index contributed by atoms with van der Waals surface area (Å²) in [5.74, 6) is -0.960. The number of nitrogens with one attached hydrogen (secondary N) is 1. The molecule has 0 bridgehead atoms. The second-order valence-corrected chi connectivity index (χ2v) is 3.12. The normalized spacial score (nSPS) is 13.6. The minimum atomic E-state index is -2.38. The van der Waals surface area contributed by atoms with E-state index in [0.29, 0.717) is 13.0 Å². The van der Waals surface area contributed by atoms with E-state index < -0.39 is 18.4 Å². The minimum absolute atomic E-state index is 0.315. The van der Waals surface area contributed by atoms with Crippen molar-refractivity contribution in [3.8, 4) is 0 Å². The Morgan fingerprint density at radius 3 is 2.50 bits per heavy atom. The second-order valence-electron chi connectivity index (χ2n) is 3.12. The van der Waals surface area contributed by atoms with Crippen LogP contribution in [0.1, 0.15) is 6.42 Å². The van der Waals surface area contributed by atoms with Crippen LogP contribution in [-0.4, -0.2) is 55.6 Å². The molecule has 2 N–H and O–H groups in total. The smallest absolute Gasteiger partial charge is 0.320 e. The van der Waals surface area contributed by atoms with Crippen molar-refractivity contribution in [1.82, 2.24) is 10.2 Å². The molecule has 14 heavy (non-hydrogen) atoms. The molecule has 0 rings (SSSR count). The third-order valence-electron chi connectivity index (χ3n) is 1.90. The third kappa shape index (κ3) is 5.82. The van der Waals surface area contributed by atoms with Gasteiger partial charge in [0, 0.05) is 6.54 Å². The standard InChI is InChI=1S/C8H16F2N2O2/c1-11-6(8(13)14)3-4-12(2)5-7(9)10/h6-7,11H,3-5H2,1-2H3,(H,13,14). The molecule has 6 heteroatoms. The van der Waals surface area contributed by atoms with Crippen molar-refractivity contribution in [3.63, 3.8) is 0 Å². The van der Waals surface area contributed by atoms with Gasteiger partial charge in [-0.3, -0.25) is 4.79 Å². The van der Waals surface area contributed by atoms with Crippen molar-refractivity contribution in [1.29, 1.82) is 0 Å². The van der Waals surface area contributed by atoms with Gasteiger partial charge < -0.3 is 15.3 Å². The average molecular weight is 210 g/mol. The van der Waals surface area contributed by atoms with Crippen LogP contribution in [0.3, 0.4) is 0 Å². The Morgan fingerprint density at radius 1 is 1.57 bits per heavy atom. The molecular weight excluding hydrogens is 194 g/mol. The van der Waals surface area contributed by atoms with E-state index in [9.17, 15) is 13.6 Å². The molecular formula is C8H16F2N2O2. The van der Waals surface area contributed by atoms with Crippen LogP contribution in [0.15, 0.2) is 0 Å². The van der Waals surface area contributed by atoms with Crippen LogP contribution in [0, 0.1) is 0 Å². The maximum absolute atomic E-state index is 11.9. The van der Waals surface area contributed by atoms with Crippen molar-refractivity contribution < 1.29 is 18.7 Å². The van der Waals surface area contributed by atoms with Gasteiger partial charge in [0.2, 0.25) is 0 Å². The highest BCUT2D eigenvalue weighted by Crippen LogP contribution is 1.99. The zero-order chi connectivity index (χ0) is 11.1. The summed E-state index contributed by atoms with van der Waals surface area (Å²) < 4.78 is 23.8.